The largest absolute Gasteiger partial charge is 0.460 e. The van der Waals surface area contributed by atoms with Crippen LogP contribution in [-0.4, -0.2) is 122 Å². The molecule has 0 bridgehead atoms. The Labute approximate surface area is 237 Å². The fourth-order valence-corrected chi connectivity index (χ4v) is 6.40. The van der Waals surface area contributed by atoms with Crippen molar-refractivity contribution < 1.29 is 37.6 Å². The predicted molar refractivity (Wildman–Crippen MR) is 149 cm³/mol. The van der Waals surface area contributed by atoms with Crippen LogP contribution in [0.1, 0.15) is 44.6 Å². The van der Waals surface area contributed by atoms with Crippen LogP contribution in [-0.2, 0) is 35.1 Å². The van der Waals surface area contributed by atoms with E-state index in [2.05, 4.69) is 19.4 Å². The predicted octanol–water partition coefficient (Wildman–Crippen LogP) is 1.27. The van der Waals surface area contributed by atoms with Crippen molar-refractivity contribution in [1.29, 1.82) is 0 Å². The third kappa shape index (κ3) is 7.40. The van der Waals surface area contributed by atoms with Gasteiger partial charge in [-0.1, -0.05) is 30.3 Å². The normalized spacial score (nSPS) is 26.6. The number of nitrogens with one attached hydrogen (secondary N) is 1. The van der Waals surface area contributed by atoms with Crippen molar-refractivity contribution in [3.63, 3.8) is 0 Å². The maximum atomic E-state index is 14.0. The second-order valence-corrected chi connectivity index (χ2v) is 12.9. The number of carbonyl (C=O) groups excluding carboxylic acids is 4. The number of quaternary nitrogens is 2. The monoisotopic (exact) mass is 558 g/mol. The third-order valence-corrected chi connectivity index (χ3v) is 8.74. The number of carbonyl (C=O) groups is 4. The van der Waals surface area contributed by atoms with Gasteiger partial charge >= 0.3 is 11.9 Å². The highest BCUT2D eigenvalue weighted by molar-refractivity contribution is 5.92. The first-order valence-corrected chi connectivity index (χ1v) is 14.5. The first-order valence-electron chi connectivity index (χ1n) is 14.5. The maximum Gasteiger partial charge on any atom is 0.329 e. The van der Waals surface area contributed by atoms with Gasteiger partial charge in [0.1, 0.15) is 24.7 Å². The number of esters is 2. The maximum absolute atomic E-state index is 14.0. The summed E-state index contributed by atoms with van der Waals surface area (Å²) in [5, 5.41) is 3.02. The van der Waals surface area contributed by atoms with Crippen LogP contribution < -0.4 is 5.32 Å². The summed E-state index contributed by atoms with van der Waals surface area (Å²) in [5.74, 6) is -1.23. The molecule has 0 saturated carbocycles. The highest BCUT2D eigenvalue weighted by Crippen LogP contribution is 2.27. The van der Waals surface area contributed by atoms with Crippen LogP contribution in [0.5, 0.6) is 0 Å². The van der Waals surface area contributed by atoms with E-state index in [4.69, 9.17) is 9.47 Å². The van der Waals surface area contributed by atoms with E-state index < -0.39 is 18.1 Å². The second-order valence-electron chi connectivity index (χ2n) is 12.9. The molecule has 40 heavy (non-hydrogen) atoms. The van der Waals surface area contributed by atoms with E-state index in [0.29, 0.717) is 43.3 Å². The van der Waals surface area contributed by atoms with Gasteiger partial charge in [-0.05, 0) is 18.4 Å². The molecule has 3 saturated heterocycles. The van der Waals surface area contributed by atoms with Crippen molar-refractivity contribution in [3.8, 4) is 0 Å². The summed E-state index contributed by atoms with van der Waals surface area (Å²) < 4.78 is 12.6. The molecular formula is C30H46N4O6+2. The van der Waals surface area contributed by atoms with Gasteiger partial charge in [-0.25, -0.2) is 4.79 Å². The number of benzene rings is 1. The van der Waals surface area contributed by atoms with Crippen LogP contribution in [0.4, 0.5) is 0 Å². The summed E-state index contributed by atoms with van der Waals surface area (Å²) >= 11 is 0. The molecule has 1 aromatic carbocycles. The summed E-state index contributed by atoms with van der Waals surface area (Å²) in [6, 6.07) is 7.63. The molecule has 10 heteroatoms. The van der Waals surface area contributed by atoms with E-state index in [1.54, 1.807) is 4.90 Å². The quantitative estimate of drug-likeness (QED) is 0.381. The first-order chi connectivity index (χ1) is 18.8. The lowest BCUT2D eigenvalue weighted by Gasteiger charge is -2.37. The number of nitrogens with zero attached hydrogens (tertiary/aromatic N) is 3. The summed E-state index contributed by atoms with van der Waals surface area (Å²) in [5.41, 5.74) is 0.917. The molecule has 0 aliphatic carbocycles. The number of ether oxygens (including phenoxy) is 2. The first kappa shape index (κ1) is 30.0. The summed E-state index contributed by atoms with van der Waals surface area (Å²) in [6.45, 7) is 4.24. The molecule has 3 aliphatic rings. The molecule has 0 radical (unpaired) electrons. The lowest BCUT2D eigenvalue weighted by Crippen LogP contribution is -2.58. The molecule has 1 aromatic rings. The minimum Gasteiger partial charge on any atom is -0.460 e. The lowest BCUT2D eigenvalue weighted by atomic mass is 10.0. The molecule has 3 heterocycles. The molecule has 1 unspecified atom stereocenters. The van der Waals surface area contributed by atoms with Gasteiger partial charge in [0.05, 0.1) is 47.7 Å². The minimum absolute atomic E-state index is 0.122. The van der Waals surface area contributed by atoms with Gasteiger partial charge in [-0.2, -0.15) is 0 Å². The van der Waals surface area contributed by atoms with Crippen LogP contribution in [0.2, 0.25) is 0 Å². The van der Waals surface area contributed by atoms with Crippen molar-refractivity contribution in [3.05, 3.63) is 35.9 Å². The standard InChI is InChI=1S/C30H45N4O6/c1-21(35)39-24-19-27(34(4,5)20-24)28(36)31-25(18-22-10-7-6-8-11-22)29(37)32-15-9-12-26(32)30(38)40-23-13-16-33(2,3)17-14-23/h6-8,10-11,23-27H,9,12-20H2,1-5H3/q+1/p+1/t24?,25-,26-,27-/m0/s1. The Morgan fingerprint density at radius 2 is 1.65 bits per heavy atom. The number of piperidine rings is 1. The average molecular weight is 559 g/mol. The molecule has 220 valence electrons. The highest BCUT2D eigenvalue weighted by Gasteiger charge is 2.48. The van der Waals surface area contributed by atoms with Gasteiger partial charge < -0.3 is 28.7 Å². The van der Waals surface area contributed by atoms with Gasteiger partial charge in [-0.3, -0.25) is 14.4 Å². The zero-order chi connectivity index (χ0) is 29.1. The Morgan fingerprint density at radius 3 is 2.30 bits per heavy atom. The van der Waals surface area contributed by atoms with E-state index in [1.807, 2.05) is 44.4 Å². The van der Waals surface area contributed by atoms with Crippen LogP contribution in [0, 0.1) is 0 Å². The molecule has 3 aliphatic heterocycles. The second kappa shape index (κ2) is 12.3. The molecule has 0 spiro atoms. The molecule has 4 rings (SSSR count). The summed E-state index contributed by atoms with van der Waals surface area (Å²) in [6.07, 6.45) is 3.13. The number of hydrogen-bond donors (Lipinski definition) is 1. The fraction of sp³-hybridized carbons (Fsp3) is 0.667. The Morgan fingerprint density at radius 1 is 0.975 bits per heavy atom. The SMILES string of the molecule is CC(=O)OC1C[C@@H](C(=O)N[C@@H](Cc2ccccc2)C(=O)N2CCC[C@H]2C(=O)OC2CC[N+](C)(C)CC2)[N+](C)(C)C1. The van der Waals surface area contributed by atoms with Gasteiger partial charge in [0.2, 0.25) is 5.91 Å². The van der Waals surface area contributed by atoms with Crippen LogP contribution in [0.25, 0.3) is 0 Å². The Bertz CT molecular complexity index is 1080. The summed E-state index contributed by atoms with van der Waals surface area (Å²) in [7, 11) is 8.22. The third-order valence-electron chi connectivity index (χ3n) is 8.74. The van der Waals surface area contributed by atoms with E-state index in [9.17, 15) is 19.2 Å². The van der Waals surface area contributed by atoms with Crippen molar-refractivity contribution in [2.24, 2.45) is 0 Å². The smallest absolute Gasteiger partial charge is 0.329 e. The van der Waals surface area contributed by atoms with Crippen LogP contribution in [0.15, 0.2) is 30.3 Å². The number of hydrogen-bond acceptors (Lipinski definition) is 6. The Hall–Kier alpha value is -2.98. The number of amides is 2. The number of rotatable bonds is 8. The average Bonchev–Trinajstić information content (AvgIpc) is 3.48. The van der Waals surface area contributed by atoms with Crippen molar-refractivity contribution in [2.75, 3.05) is 54.4 Å². The number of likely N-dealkylation sites (tertiary alicyclic amines) is 3. The highest BCUT2D eigenvalue weighted by atomic mass is 16.5. The molecule has 3 fully saturated rings. The van der Waals surface area contributed by atoms with E-state index >= 15 is 0 Å². The van der Waals surface area contributed by atoms with Crippen molar-refractivity contribution in [1.82, 2.24) is 10.2 Å². The van der Waals surface area contributed by atoms with Gasteiger partial charge in [-0.15, -0.1) is 0 Å². The molecule has 4 atom stereocenters. The molecular weight excluding hydrogens is 512 g/mol. The van der Waals surface area contributed by atoms with E-state index in [-0.39, 0.29) is 36.0 Å². The summed E-state index contributed by atoms with van der Waals surface area (Å²) in [4.78, 5) is 54.0. The lowest BCUT2D eigenvalue weighted by molar-refractivity contribution is -0.896. The van der Waals surface area contributed by atoms with Crippen molar-refractivity contribution >= 4 is 23.8 Å². The van der Waals surface area contributed by atoms with E-state index in [1.165, 1.54) is 6.92 Å². The molecule has 2 amide bonds. The topological polar surface area (TPSA) is 102 Å². The van der Waals surface area contributed by atoms with Crippen molar-refractivity contribution in [2.45, 2.75) is 75.8 Å². The van der Waals surface area contributed by atoms with E-state index in [0.717, 1.165) is 36.0 Å². The minimum atomic E-state index is -0.830. The van der Waals surface area contributed by atoms with Gasteiger partial charge in [0, 0.05) is 32.7 Å². The zero-order valence-electron chi connectivity index (χ0n) is 24.6. The van der Waals surface area contributed by atoms with Gasteiger partial charge in [0.25, 0.3) is 5.91 Å². The van der Waals surface area contributed by atoms with Crippen LogP contribution >= 0.6 is 0 Å². The zero-order valence-corrected chi connectivity index (χ0v) is 24.6. The Balaban J connectivity index is 1.47. The number of likely N-dealkylation sites (N-methyl/N-ethyl adjacent to an activating group) is 1. The molecule has 10 nitrogen and oxygen atoms in total. The molecule has 0 aromatic heterocycles. The van der Waals surface area contributed by atoms with Crippen LogP contribution in [0.3, 0.4) is 0 Å². The molecule has 1 N–H and O–H groups in total. The van der Waals surface area contributed by atoms with Gasteiger partial charge in [0.15, 0.2) is 12.1 Å². The Kier molecular flexibility index (Phi) is 9.19. The fourth-order valence-electron chi connectivity index (χ4n) is 6.40.